The zero-order chi connectivity index (χ0) is 26.9. The van der Waals surface area contributed by atoms with E-state index in [4.69, 9.17) is 28.6 Å². The van der Waals surface area contributed by atoms with Crippen molar-refractivity contribution in [2.45, 2.75) is 19.3 Å². The van der Waals surface area contributed by atoms with Crippen LogP contribution in [0.1, 0.15) is 19.3 Å². The van der Waals surface area contributed by atoms with E-state index in [1.54, 1.807) is 18.2 Å². The molecule has 0 aromatic rings. The van der Waals surface area contributed by atoms with Gasteiger partial charge in [0.25, 0.3) is 17.7 Å². The van der Waals surface area contributed by atoms with Crippen LogP contribution in [0, 0.1) is 0 Å². The topological polar surface area (TPSA) is 151 Å². The van der Waals surface area contributed by atoms with E-state index in [1.165, 1.54) is 7.11 Å². The van der Waals surface area contributed by atoms with Gasteiger partial charge in [0.15, 0.2) is 0 Å². The molecule has 0 radical (unpaired) electrons. The summed E-state index contributed by atoms with van der Waals surface area (Å²) in [5.41, 5.74) is 1.61. The SMILES string of the molecule is C=C1C=CC(C(=O)NCCOCCOCCOCCOCCC(=O)ON2C(=O)CCC2=O)=C/C1=N/OC. The maximum atomic E-state index is 12.2. The summed E-state index contributed by atoms with van der Waals surface area (Å²) in [7, 11) is 1.43. The second-order valence-corrected chi connectivity index (χ2v) is 7.62. The molecule has 0 unspecified atom stereocenters. The summed E-state index contributed by atoms with van der Waals surface area (Å²) in [5, 5.41) is 7.08. The molecule has 13 heteroatoms. The average Bonchev–Trinajstić information content (AvgIpc) is 3.19. The number of rotatable bonds is 18. The number of oxime groups is 1. The number of hydrogen-bond acceptors (Lipinski definition) is 11. The molecule has 2 aliphatic rings. The highest BCUT2D eigenvalue weighted by Crippen LogP contribution is 2.13. The third-order valence-corrected chi connectivity index (χ3v) is 4.83. The zero-order valence-electron chi connectivity index (χ0n) is 20.9. The smallest absolute Gasteiger partial charge is 0.335 e. The van der Waals surface area contributed by atoms with Crippen molar-refractivity contribution in [3.05, 3.63) is 36.0 Å². The second kappa shape index (κ2) is 17.1. The monoisotopic (exact) mass is 523 g/mol. The van der Waals surface area contributed by atoms with E-state index >= 15 is 0 Å². The largest absolute Gasteiger partial charge is 0.399 e. The first kappa shape index (κ1) is 29.8. The van der Waals surface area contributed by atoms with Crippen LogP contribution < -0.4 is 5.32 Å². The van der Waals surface area contributed by atoms with Crippen molar-refractivity contribution in [3.63, 3.8) is 0 Å². The summed E-state index contributed by atoms with van der Waals surface area (Å²) in [4.78, 5) is 56.0. The van der Waals surface area contributed by atoms with Gasteiger partial charge in [-0.05, 0) is 17.7 Å². The molecule has 37 heavy (non-hydrogen) atoms. The van der Waals surface area contributed by atoms with E-state index in [2.05, 4.69) is 17.1 Å². The predicted octanol–water partition coefficient (Wildman–Crippen LogP) is 0.221. The lowest BCUT2D eigenvalue weighted by molar-refractivity contribution is -0.198. The standard InChI is InChI=1S/C24H33N3O10/c1-18-3-4-19(17-20(18)26-32-2)24(31)25-8-10-34-12-14-36-16-15-35-13-11-33-9-7-23(30)37-27-21(28)5-6-22(27)29/h3-4,17H,1,5-16H2,2H3,(H,25,31)/b26-20-. The molecule has 2 rings (SSSR count). The molecule has 1 heterocycles. The second-order valence-electron chi connectivity index (χ2n) is 7.62. The normalized spacial score (nSPS) is 16.4. The molecule has 0 saturated carbocycles. The van der Waals surface area contributed by atoms with Gasteiger partial charge in [0.2, 0.25) is 0 Å². The molecule has 0 spiro atoms. The van der Waals surface area contributed by atoms with Crippen molar-refractivity contribution in [2.24, 2.45) is 5.16 Å². The Morgan fingerprint density at radius 3 is 2.08 bits per heavy atom. The average molecular weight is 524 g/mol. The number of carbonyl (C=O) groups is 4. The first-order valence-corrected chi connectivity index (χ1v) is 11.8. The van der Waals surface area contributed by atoms with Crippen LogP contribution in [0.25, 0.3) is 0 Å². The van der Waals surface area contributed by atoms with Crippen LogP contribution in [0.15, 0.2) is 41.1 Å². The van der Waals surface area contributed by atoms with Gasteiger partial charge in [-0.2, -0.15) is 0 Å². The molecule has 0 bridgehead atoms. The van der Waals surface area contributed by atoms with E-state index < -0.39 is 17.8 Å². The molecular formula is C24H33N3O10. The van der Waals surface area contributed by atoms with Crippen LogP contribution in [0.5, 0.6) is 0 Å². The Bertz CT molecular complexity index is 896. The fourth-order valence-corrected chi connectivity index (χ4v) is 2.95. The Hall–Kier alpha value is -3.39. The van der Waals surface area contributed by atoms with E-state index in [0.717, 1.165) is 0 Å². The van der Waals surface area contributed by atoms with Crippen LogP contribution in [0.3, 0.4) is 0 Å². The predicted molar refractivity (Wildman–Crippen MR) is 129 cm³/mol. The molecule has 1 aliphatic carbocycles. The van der Waals surface area contributed by atoms with Gasteiger partial charge in [-0.25, -0.2) is 4.79 Å². The Morgan fingerprint density at radius 2 is 1.49 bits per heavy atom. The van der Waals surface area contributed by atoms with E-state index in [-0.39, 0.29) is 38.4 Å². The molecule has 0 aromatic heterocycles. The first-order valence-electron chi connectivity index (χ1n) is 11.8. The van der Waals surface area contributed by atoms with Crippen molar-refractivity contribution in [3.8, 4) is 0 Å². The molecule has 0 atom stereocenters. The summed E-state index contributed by atoms with van der Waals surface area (Å²) in [6.07, 6.45) is 4.98. The van der Waals surface area contributed by atoms with Crippen molar-refractivity contribution < 1.29 is 47.8 Å². The lowest BCUT2D eigenvalue weighted by atomic mass is 10.0. The molecule has 13 nitrogen and oxygen atoms in total. The Labute approximate surface area is 214 Å². The summed E-state index contributed by atoms with van der Waals surface area (Å²) in [6.45, 7) is 6.66. The van der Waals surface area contributed by atoms with Crippen LogP contribution in [-0.4, -0.2) is 101 Å². The van der Waals surface area contributed by atoms with E-state index in [1.807, 2.05) is 0 Å². The molecule has 1 aliphatic heterocycles. The molecule has 0 aromatic carbocycles. The van der Waals surface area contributed by atoms with Crippen LogP contribution in [0.2, 0.25) is 0 Å². The lowest BCUT2D eigenvalue weighted by Gasteiger charge is -2.12. The van der Waals surface area contributed by atoms with Crippen molar-refractivity contribution in [1.29, 1.82) is 0 Å². The molecular weight excluding hydrogens is 490 g/mol. The van der Waals surface area contributed by atoms with Crippen molar-refractivity contribution >= 4 is 29.4 Å². The number of amides is 3. The number of nitrogens with one attached hydrogen (secondary N) is 1. The maximum absolute atomic E-state index is 12.2. The number of hydroxylamine groups is 2. The fraction of sp³-hybridized carbons (Fsp3) is 0.542. The highest BCUT2D eigenvalue weighted by Gasteiger charge is 2.32. The number of carbonyl (C=O) groups excluding carboxylic acids is 4. The summed E-state index contributed by atoms with van der Waals surface area (Å²) in [5.74, 6) is -1.99. The van der Waals surface area contributed by atoms with E-state index in [0.29, 0.717) is 68.1 Å². The zero-order valence-corrected chi connectivity index (χ0v) is 20.9. The van der Waals surface area contributed by atoms with Gasteiger partial charge in [-0.15, -0.1) is 5.06 Å². The van der Waals surface area contributed by atoms with Crippen molar-refractivity contribution in [2.75, 3.05) is 66.5 Å². The third-order valence-electron chi connectivity index (χ3n) is 4.83. The van der Waals surface area contributed by atoms with Gasteiger partial charge in [-0.1, -0.05) is 17.8 Å². The van der Waals surface area contributed by atoms with Crippen molar-refractivity contribution in [1.82, 2.24) is 10.4 Å². The van der Waals surface area contributed by atoms with Gasteiger partial charge in [0.05, 0.1) is 59.3 Å². The van der Waals surface area contributed by atoms with Crippen LogP contribution >= 0.6 is 0 Å². The minimum atomic E-state index is -0.709. The molecule has 3 amide bonds. The third kappa shape index (κ3) is 11.5. The highest BCUT2D eigenvalue weighted by molar-refractivity contribution is 6.16. The van der Waals surface area contributed by atoms with Gasteiger partial charge < -0.3 is 33.9 Å². The number of hydrogen-bond donors (Lipinski definition) is 1. The number of allylic oxidation sites excluding steroid dienone is 3. The Morgan fingerprint density at radius 1 is 0.919 bits per heavy atom. The number of nitrogens with zero attached hydrogens (tertiary/aromatic N) is 2. The first-order chi connectivity index (χ1) is 17.9. The van der Waals surface area contributed by atoms with Gasteiger partial charge >= 0.3 is 5.97 Å². The minimum Gasteiger partial charge on any atom is -0.399 e. The molecule has 204 valence electrons. The van der Waals surface area contributed by atoms with Crippen LogP contribution in [-0.2, 0) is 47.8 Å². The fourth-order valence-electron chi connectivity index (χ4n) is 2.95. The van der Waals surface area contributed by atoms with Gasteiger partial charge in [0.1, 0.15) is 12.8 Å². The Balaban J connectivity index is 1.35. The number of ether oxygens (including phenoxy) is 4. The van der Waals surface area contributed by atoms with E-state index in [9.17, 15) is 19.2 Å². The number of imide groups is 1. The highest BCUT2D eigenvalue weighted by atomic mass is 16.7. The van der Waals surface area contributed by atoms with Crippen LogP contribution in [0.4, 0.5) is 0 Å². The maximum Gasteiger partial charge on any atom is 0.335 e. The van der Waals surface area contributed by atoms with Gasteiger partial charge in [0, 0.05) is 25.0 Å². The summed E-state index contributed by atoms with van der Waals surface area (Å²) >= 11 is 0. The molecule has 1 N–H and O–H groups in total. The molecule has 1 fully saturated rings. The minimum absolute atomic E-state index is 0.0539. The molecule has 1 saturated heterocycles. The summed E-state index contributed by atoms with van der Waals surface area (Å²) < 4.78 is 21.4. The van der Waals surface area contributed by atoms with Gasteiger partial charge in [-0.3, -0.25) is 14.4 Å². The quantitative estimate of drug-likeness (QED) is 0.150. The summed E-state index contributed by atoms with van der Waals surface area (Å²) in [6, 6.07) is 0. The Kier molecular flexibility index (Phi) is 13.8. The lowest BCUT2D eigenvalue weighted by Crippen LogP contribution is -2.32.